The summed E-state index contributed by atoms with van der Waals surface area (Å²) in [6.07, 6.45) is 3.72. The fourth-order valence-electron chi connectivity index (χ4n) is 1.98. The van der Waals surface area contributed by atoms with Gasteiger partial charge in [0.15, 0.2) is 0 Å². The van der Waals surface area contributed by atoms with Crippen LogP contribution in [0.2, 0.25) is 0 Å². The Morgan fingerprint density at radius 1 is 1.47 bits per heavy atom. The summed E-state index contributed by atoms with van der Waals surface area (Å²) in [4.78, 5) is 11.9. The first-order valence-corrected chi connectivity index (χ1v) is 7.67. The van der Waals surface area contributed by atoms with Crippen molar-refractivity contribution in [3.8, 4) is 0 Å². The van der Waals surface area contributed by atoms with Gasteiger partial charge in [0.1, 0.15) is 9.84 Å². The maximum Gasteiger partial charge on any atom is 0.240 e. The first kappa shape index (κ1) is 16.7. The molecule has 1 fully saturated rings. The zero-order chi connectivity index (χ0) is 12.2. The minimum Gasteiger partial charge on any atom is -0.353 e. The van der Waals surface area contributed by atoms with Gasteiger partial charge in [0, 0.05) is 12.8 Å². The quantitative estimate of drug-likeness (QED) is 0.751. The van der Waals surface area contributed by atoms with Gasteiger partial charge in [-0.1, -0.05) is 6.92 Å². The van der Waals surface area contributed by atoms with E-state index in [0.717, 1.165) is 25.8 Å². The second kappa shape index (κ2) is 6.56. The van der Waals surface area contributed by atoms with Crippen molar-refractivity contribution in [2.24, 2.45) is 0 Å². The van der Waals surface area contributed by atoms with Gasteiger partial charge in [-0.15, -0.1) is 12.4 Å². The Bertz CT molecular complexity index is 351. The zero-order valence-corrected chi connectivity index (χ0v) is 11.9. The second-order valence-corrected chi connectivity index (χ2v) is 6.61. The smallest absolute Gasteiger partial charge is 0.240 e. The summed E-state index contributed by atoms with van der Waals surface area (Å²) in [6, 6.07) is 0. The summed E-state index contributed by atoms with van der Waals surface area (Å²) in [7, 11) is -3.00. The number of carbonyl (C=O) groups is 1. The molecule has 1 amide bonds. The van der Waals surface area contributed by atoms with Gasteiger partial charge in [-0.3, -0.25) is 4.79 Å². The van der Waals surface area contributed by atoms with Gasteiger partial charge >= 0.3 is 0 Å². The Hall–Kier alpha value is -0.330. The number of halogens is 1. The first-order chi connectivity index (χ1) is 7.40. The maximum absolute atomic E-state index is 11.9. The Morgan fingerprint density at radius 3 is 2.53 bits per heavy atom. The van der Waals surface area contributed by atoms with Crippen molar-refractivity contribution in [1.82, 2.24) is 10.6 Å². The van der Waals surface area contributed by atoms with Crippen LogP contribution in [-0.2, 0) is 14.6 Å². The lowest BCUT2D eigenvalue weighted by Gasteiger charge is -2.26. The van der Waals surface area contributed by atoms with Crippen LogP contribution in [0, 0.1) is 0 Å². The number of amides is 1. The third-order valence-corrected chi connectivity index (χ3v) is 3.99. The van der Waals surface area contributed by atoms with E-state index in [0.29, 0.717) is 0 Å². The molecular weight excluding hydrogens is 264 g/mol. The highest BCUT2D eigenvalue weighted by atomic mass is 35.5. The molecule has 0 radical (unpaired) electrons. The summed E-state index contributed by atoms with van der Waals surface area (Å²) in [5.41, 5.74) is -0.475. The minimum atomic E-state index is -3.00. The van der Waals surface area contributed by atoms with E-state index >= 15 is 0 Å². The second-order valence-electron chi connectivity index (χ2n) is 4.35. The van der Waals surface area contributed by atoms with Crippen LogP contribution >= 0.6 is 12.4 Å². The summed E-state index contributed by atoms with van der Waals surface area (Å²) in [5, 5.41) is 5.90. The largest absolute Gasteiger partial charge is 0.353 e. The summed E-state index contributed by atoms with van der Waals surface area (Å²) in [6.45, 7) is 3.02. The highest BCUT2D eigenvalue weighted by Gasteiger charge is 2.38. The number of hydrogen-bond acceptors (Lipinski definition) is 4. The molecule has 7 heteroatoms. The normalized spacial score (nSPS) is 24.1. The molecule has 1 rings (SSSR count). The van der Waals surface area contributed by atoms with E-state index in [1.807, 2.05) is 6.92 Å². The molecule has 17 heavy (non-hydrogen) atoms. The SMILES string of the molecule is CCC1(C(=O)NCCS(C)(=O)=O)CCCN1.Cl. The molecule has 102 valence electrons. The molecule has 1 unspecified atom stereocenters. The Balaban J connectivity index is 0.00000256. The summed E-state index contributed by atoms with van der Waals surface area (Å²) < 4.78 is 21.8. The molecule has 1 atom stereocenters. The average molecular weight is 285 g/mol. The predicted molar refractivity (Wildman–Crippen MR) is 70.2 cm³/mol. The van der Waals surface area contributed by atoms with E-state index in [2.05, 4.69) is 10.6 Å². The van der Waals surface area contributed by atoms with Crippen molar-refractivity contribution >= 4 is 28.2 Å². The lowest BCUT2D eigenvalue weighted by molar-refractivity contribution is -0.127. The van der Waals surface area contributed by atoms with Crippen molar-refractivity contribution in [2.45, 2.75) is 31.7 Å². The molecule has 0 saturated carbocycles. The van der Waals surface area contributed by atoms with Gasteiger partial charge in [-0.2, -0.15) is 0 Å². The van der Waals surface area contributed by atoms with Crippen LogP contribution in [0.5, 0.6) is 0 Å². The molecule has 1 heterocycles. The van der Waals surface area contributed by atoms with Gasteiger partial charge in [0.25, 0.3) is 0 Å². The number of hydrogen-bond donors (Lipinski definition) is 2. The molecule has 0 bridgehead atoms. The molecule has 0 aromatic heterocycles. The average Bonchev–Trinajstić information content (AvgIpc) is 2.65. The summed E-state index contributed by atoms with van der Waals surface area (Å²) in [5.74, 6) is -0.0745. The number of carbonyl (C=O) groups excluding carboxylic acids is 1. The first-order valence-electron chi connectivity index (χ1n) is 5.61. The van der Waals surface area contributed by atoms with E-state index in [1.165, 1.54) is 6.26 Å². The molecule has 5 nitrogen and oxygen atoms in total. The Labute approximate surface area is 109 Å². The van der Waals surface area contributed by atoms with Crippen LogP contribution in [0.1, 0.15) is 26.2 Å². The van der Waals surface area contributed by atoms with Crippen molar-refractivity contribution in [1.29, 1.82) is 0 Å². The standard InChI is InChI=1S/C10H20N2O3S.ClH/c1-3-10(5-4-6-12-10)9(13)11-7-8-16(2,14)15;/h12H,3-8H2,1-2H3,(H,11,13);1H. The minimum absolute atomic E-state index is 0. The lowest BCUT2D eigenvalue weighted by Crippen LogP contribution is -2.53. The highest BCUT2D eigenvalue weighted by molar-refractivity contribution is 7.90. The third kappa shape index (κ3) is 4.81. The van der Waals surface area contributed by atoms with Crippen molar-refractivity contribution < 1.29 is 13.2 Å². The van der Waals surface area contributed by atoms with Crippen LogP contribution in [-0.4, -0.2) is 45.0 Å². The number of rotatable bonds is 5. The molecular formula is C10H21ClN2O3S. The van der Waals surface area contributed by atoms with Gasteiger partial charge in [-0.05, 0) is 25.8 Å². The zero-order valence-electron chi connectivity index (χ0n) is 10.3. The molecule has 1 aliphatic heterocycles. The van der Waals surface area contributed by atoms with Gasteiger partial charge in [0.05, 0.1) is 11.3 Å². The van der Waals surface area contributed by atoms with E-state index in [-0.39, 0.29) is 30.6 Å². The van der Waals surface area contributed by atoms with E-state index in [4.69, 9.17) is 0 Å². The molecule has 0 aliphatic carbocycles. The Morgan fingerprint density at radius 2 is 2.12 bits per heavy atom. The number of nitrogens with one attached hydrogen (secondary N) is 2. The van der Waals surface area contributed by atoms with E-state index in [1.54, 1.807) is 0 Å². The third-order valence-electron chi connectivity index (χ3n) is 3.04. The van der Waals surface area contributed by atoms with Gasteiger partial charge in [-0.25, -0.2) is 8.42 Å². The molecule has 0 spiro atoms. The van der Waals surface area contributed by atoms with Crippen LogP contribution in [0.3, 0.4) is 0 Å². The van der Waals surface area contributed by atoms with Crippen LogP contribution in [0.4, 0.5) is 0 Å². The highest BCUT2D eigenvalue weighted by Crippen LogP contribution is 2.22. The van der Waals surface area contributed by atoms with E-state index < -0.39 is 15.4 Å². The van der Waals surface area contributed by atoms with Crippen LogP contribution in [0.25, 0.3) is 0 Å². The van der Waals surface area contributed by atoms with Crippen molar-refractivity contribution in [3.05, 3.63) is 0 Å². The fraction of sp³-hybridized carbons (Fsp3) is 0.900. The molecule has 1 saturated heterocycles. The van der Waals surface area contributed by atoms with E-state index in [9.17, 15) is 13.2 Å². The van der Waals surface area contributed by atoms with Crippen LogP contribution < -0.4 is 10.6 Å². The fourth-order valence-corrected chi connectivity index (χ4v) is 2.45. The van der Waals surface area contributed by atoms with Gasteiger partial charge in [0.2, 0.25) is 5.91 Å². The Kier molecular flexibility index (Phi) is 6.43. The van der Waals surface area contributed by atoms with Gasteiger partial charge < -0.3 is 10.6 Å². The topological polar surface area (TPSA) is 75.3 Å². The maximum atomic E-state index is 11.9. The molecule has 0 aromatic rings. The number of sulfone groups is 1. The molecule has 0 aromatic carbocycles. The molecule has 2 N–H and O–H groups in total. The monoisotopic (exact) mass is 284 g/mol. The van der Waals surface area contributed by atoms with Crippen molar-refractivity contribution in [2.75, 3.05) is 25.1 Å². The van der Waals surface area contributed by atoms with Crippen LogP contribution in [0.15, 0.2) is 0 Å². The summed E-state index contributed by atoms with van der Waals surface area (Å²) >= 11 is 0. The predicted octanol–water partition coefficient (Wildman–Crippen LogP) is 0.101. The van der Waals surface area contributed by atoms with Crippen molar-refractivity contribution in [3.63, 3.8) is 0 Å². The lowest BCUT2D eigenvalue weighted by atomic mass is 9.93. The molecule has 1 aliphatic rings.